The van der Waals surface area contributed by atoms with E-state index in [0.29, 0.717) is 37.6 Å². The lowest BCUT2D eigenvalue weighted by Crippen LogP contribution is -2.68. The number of urea groups is 1. The molecule has 13 heteroatoms. The predicted molar refractivity (Wildman–Crippen MR) is 167 cm³/mol. The number of fused-ring (bicyclic) bond motifs is 6. The van der Waals surface area contributed by atoms with Gasteiger partial charge in [-0.1, -0.05) is 12.1 Å². The van der Waals surface area contributed by atoms with Gasteiger partial charge >= 0.3 is 6.03 Å². The number of carbonyl (C=O) groups is 3. The first-order valence-electron chi connectivity index (χ1n) is 15.9. The molecule has 3 aromatic rings. The van der Waals surface area contributed by atoms with Crippen molar-refractivity contribution in [1.29, 1.82) is 0 Å². The number of hydroxylamine groups is 1. The molecule has 1 unspecified atom stereocenters. The highest BCUT2D eigenvalue weighted by Gasteiger charge is 2.53. The molecule has 4 aliphatic rings. The third-order valence-electron chi connectivity index (χ3n) is 9.37. The van der Waals surface area contributed by atoms with Crippen LogP contribution in [0.3, 0.4) is 0 Å². The number of aromatic nitrogens is 1. The van der Waals surface area contributed by atoms with Crippen LogP contribution in [0, 0.1) is 0 Å². The molecular formula is C33H40N6O7. The summed E-state index contributed by atoms with van der Waals surface area (Å²) in [5.41, 5.74) is 11.9. The van der Waals surface area contributed by atoms with Gasteiger partial charge in [-0.15, -0.1) is 0 Å². The van der Waals surface area contributed by atoms with E-state index in [0.717, 1.165) is 84.7 Å². The summed E-state index contributed by atoms with van der Waals surface area (Å²) in [4.78, 5) is 49.8. The molecule has 4 aliphatic heterocycles. The van der Waals surface area contributed by atoms with Crippen LogP contribution in [0.25, 0.3) is 10.9 Å². The molecule has 0 saturated carbocycles. The van der Waals surface area contributed by atoms with Crippen LogP contribution in [0.15, 0.2) is 42.5 Å². The van der Waals surface area contributed by atoms with Crippen molar-refractivity contribution in [2.75, 3.05) is 59.7 Å². The maximum Gasteiger partial charge on any atom is 0.326 e. The molecule has 4 amide bonds. The summed E-state index contributed by atoms with van der Waals surface area (Å²) in [6, 6.07) is 12.8. The number of rotatable bonds is 9. The van der Waals surface area contributed by atoms with E-state index >= 15 is 0 Å². The van der Waals surface area contributed by atoms with Crippen molar-refractivity contribution in [2.45, 2.75) is 44.2 Å². The van der Waals surface area contributed by atoms with Gasteiger partial charge in [-0.05, 0) is 48.7 Å². The second-order valence-corrected chi connectivity index (χ2v) is 12.4. The second kappa shape index (κ2) is 12.6. The van der Waals surface area contributed by atoms with E-state index in [1.165, 1.54) is 7.05 Å². The van der Waals surface area contributed by atoms with Gasteiger partial charge in [-0.3, -0.25) is 19.4 Å². The van der Waals surface area contributed by atoms with Gasteiger partial charge in [0.1, 0.15) is 17.9 Å². The fourth-order valence-corrected chi connectivity index (χ4v) is 6.89. The Morgan fingerprint density at radius 1 is 1.09 bits per heavy atom. The SMILES string of the molecule is CN1C(=O)N2Cc3c(c4cc(OCCN5CCOCC5)ccc4n3Cc3ccc(C(=O)NOC4CCCCO4)cc3)[C@@](N)(C2)C1=O. The van der Waals surface area contributed by atoms with Crippen LogP contribution in [0.1, 0.15) is 46.4 Å². The van der Waals surface area contributed by atoms with Crippen LogP contribution in [-0.2, 0) is 37.7 Å². The van der Waals surface area contributed by atoms with E-state index in [4.69, 9.17) is 24.8 Å². The summed E-state index contributed by atoms with van der Waals surface area (Å²) in [5, 5.41) is 0.829. The molecule has 3 saturated heterocycles. The summed E-state index contributed by atoms with van der Waals surface area (Å²) >= 11 is 0. The Labute approximate surface area is 267 Å². The molecule has 7 rings (SSSR count). The van der Waals surface area contributed by atoms with E-state index in [-0.39, 0.29) is 18.5 Å². The maximum absolute atomic E-state index is 13.6. The highest BCUT2D eigenvalue weighted by molar-refractivity contribution is 6.06. The van der Waals surface area contributed by atoms with Gasteiger partial charge in [0.25, 0.3) is 11.8 Å². The third-order valence-corrected chi connectivity index (χ3v) is 9.37. The standard InChI is InChI=1S/C33H40N6O7/c1-36-31(41)33(34)21-38(32(36)42)20-27-29(33)25-18-24(44-17-13-37-11-15-43-16-12-37)9-10-26(25)39(27)19-22-5-7-23(8-6-22)30(40)35-46-28-4-2-3-14-45-28/h5-10,18,28H,2-4,11-17,19-21,34H2,1H3,(H,35,40)/t28?,33-/m0/s1. The van der Waals surface area contributed by atoms with Gasteiger partial charge in [0.05, 0.1) is 26.3 Å². The predicted octanol–water partition coefficient (Wildman–Crippen LogP) is 2.15. The first kappa shape index (κ1) is 30.6. The molecule has 0 aliphatic carbocycles. The van der Waals surface area contributed by atoms with Crippen LogP contribution in [0.5, 0.6) is 5.75 Å². The third kappa shape index (κ3) is 5.73. The Bertz CT molecular complexity index is 1630. The lowest BCUT2D eigenvalue weighted by atomic mass is 9.82. The zero-order valence-corrected chi connectivity index (χ0v) is 26.0. The van der Waals surface area contributed by atoms with Gasteiger partial charge in [-0.25, -0.2) is 15.1 Å². The average molecular weight is 633 g/mol. The van der Waals surface area contributed by atoms with Crippen molar-refractivity contribution in [3.63, 3.8) is 0 Å². The Kier molecular flexibility index (Phi) is 8.42. The summed E-state index contributed by atoms with van der Waals surface area (Å²) in [7, 11) is 1.48. The summed E-state index contributed by atoms with van der Waals surface area (Å²) in [5.74, 6) is -0.0863. The number of nitrogens with two attached hydrogens (primary N) is 1. The Morgan fingerprint density at radius 3 is 2.65 bits per heavy atom. The van der Waals surface area contributed by atoms with Crippen LogP contribution in [-0.4, -0.2) is 103 Å². The van der Waals surface area contributed by atoms with Crippen molar-refractivity contribution in [1.82, 2.24) is 24.7 Å². The number of benzene rings is 2. The zero-order valence-electron chi connectivity index (χ0n) is 26.0. The van der Waals surface area contributed by atoms with E-state index in [9.17, 15) is 14.4 Å². The molecule has 46 heavy (non-hydrogen) atoms. The smallest absolute Gasteiger partial charge is 0.326 e. The number of nitrogens with zero attached hydrogens (tertiary/aromatic N) is 4. The molecule has 2 atom stereocenters. The number of carbonyl (C=O) groups excluding carboxylic acids is 3. The Morgan fingerprint density at radius 2 is 1.89 bits per heavy atom. The van der Waals surface area contributed by atoms with Crippen LogP contribution in [0.4, 0.5) is 4.79 Å². The number of nitrogens with one attached hydrogen (secondary N) is 1. The molecule has 0 radical (unpaired) electrons. The van der Waals surface area contributed by atoms with E-state index in [1.54, 1.807) is 17.0 Å². The molecule has 1 aromatic heterocycles. The van der Waals surface area contributed by atoms with E-state index < -0.39 is 17.7 Å². The molecule has 13 nitrogen and oxygen atoms in total. The van der Waals surface area contributed by atoms with Crippen LogP contribution < -0.4 is 16.0 Å². The average Bonchev–Trinajstić information content (AvgIpc) is 3.39. The first-order chi connectivity index (χ1) is 22.3. The molecule has 244 valence electrons. The zero-order chi connectivity index (χ0) is 31.8. The minimum Gasteiger partial charge on any atom is -0.492 e. The highest BCUT2D eigenvalue weighted by Crippen LogP contribution is 2.43. The first-order valence-corrected chi connectivity index (χ1v) is 15.9. The fourth-order valence-electron chi connectivity index (χ4n) is 6.89. The lowest BCUT2D eigenvalue weighted by Gasteiger charge is -2.46. The normalized spacial score (nSPS) is 23.5. The van der Waals surface area contributed by atoms with Gasteiger partial charge in [0, 0.05) is 74.0 Å². The molecular weight excluding hydrogens is 592 g/mol. The monoisotopic (exact) mass is 632 g/mol. The van der Waals surface area contributed by atoms with Crippen LogP contribution in [0.2, 0.25) is 0 Å². The van der Waals surface area contributed by atoms with E-state index in [1.807, 2.05) is 30.3 Å². The van der Waals surface area contributed by atoms with Crippen molar-refractivity contribution < 1.29 is 33.4 Å². The maximum atomic E-state index is 13.6. The van der Waals surface area contributed by atoms with Gasteiger partial charge < -0.3 is 29.4 Å². The van der Waals surface area contributed by atoms with Gasteiger partial charge in [0.2, 0.25) is 0 Å². The summed E-state index contributed by atoms with van der Waals surface area (Å²) in [6.45, 7) is 6.02. The number of hydrogen-bond acceptors (Lipinski definition) is 9. The second-order valence-electron chi connectivity index (χ2n) is 12.4. The summed E-state index contributed by atoms with van der Waals surface area (Å²) in [6.07, 6.45) is 2.30. The van der Waals surface area contributed by atoms with Crippen molar-refractivity contribution in [3.8, 4) is 5.75 Å². The number of likely N-dealkylation sites (N-methyl/N-ethyl adjacent to an activating group) is 1. The molecule has 5 heterocycles. The summed E-state index contributed by atoms with van der Waals surface area (Å²) < 4.78 is 19.3. The number of ether oxygens (including phenoxy) is 3. The van der Waals surface area contributed by atoms with Crippen molar-refractivity contribution in [2.24, 2.45) is 5.73 Å². The largest absolute Gasteiger partial charge is 0.492 e. The molecule has 3 fully saturated rings. The van der Waals surface area contributed by atoms with Crippen molar-refractivity contribution >= 4 is 28.7 Å². The van der Waals surface area contributed by atoms with Crippen LogP contribution >= 0.6 is 0 Å². The molecule has 3 N–H and O–H groups in total. The van der Waals surface area contributed by atoms with Gasteiger partial charge in [-0.2, -0.15) is 0 Å². The molecule has 2 aromatic carbocycles. The number of morpholine rings is 1. The highest BCUT2D eigenvalue weighted by atomic mass is 16.8. The van der Waals surface area contributed by atoms with Gasteiger partial charge in [0.15, 0.2) is 6.29 Å². The number of amides is 4. The Hall–Kier alpha value is -4.01. The Balaban J connectivity index is 1.16. The molecule has 2 bridgehead atoms. The minimum atomic E-state index is -1.39. The van der Waals surface area contributed by atoms with E-state index in [2.05, 4.69) is 14.9 Å². The quantitative estimate of drug-likeness (QED) is 0.340. The number of hydrogen-bond donors (Lipinski definition) is 2. The van der Waals surface area contributed by atoms with Crippen molar-refractivity contribution in [3.05, 3.63) is 64.8 Å². The fraction of sp³-hybridized carbons (Fsp3) is 0.485. The lowest BCUT2D eigenvalue weighted by molar-refractivity contribution is -0.186. The minimum absolute atomic E-state index is 0.112. The molecule has 0 spiro atoms. The number of imide groups is 1. The topological polar surface area (TPSA) is 141 Å².